The third-order valence-corrected chi connectivity index (χ3v) is 4.29. The average Bonchev–Trinajstić information content (AvgIpc) is 2.52. The van der Waals surface area contributed by atoms with Crippen LogP contribution in [-0.4, -0.2) is 13.1 Å². The lowest BCUT2D eigenvalue weighted by molar-refractivity contribution is 0.489. The van der Waals surface area contributed by atoms with Crippen LogP contribution in [0.2, 0.25) is 0 Å². The molecule has 1 unspecified atom stereocenters. The summed E-state index contributed by atoms with van der Waals surface area (Å²) in [6.07, 6.45) is 1.18. The number of aryl methyl sites for hydroxylation is 1. The summed E-state index contributed by atoms with van der Waals surface area (Å²) in [6.45, 7) is 7.46. The second-order valence-electron chi connectivity index (χ2n) is 5.86. The van der Waals surface area contributed by atoms with Crippen molar-refractivity contribution in [3.8, 4) is 0 Å². The molecule has 2 nitrogen and oxygen atoms in total. The standard InChI is InChI=1S/C19H24N2/c1-3-20-18-12-13-21(19-7-5-4-6-17(18)19)14-16-10-8-15(2)9-11-16/h4-11,18,20H,3,12-14H2,1-2H3. The van der Waals surface area contributed by atoms with Gasteiger partial charge in [0.1, 0.15) is 0 Å². The molecule has 3 rings (SSSR count). The van der Waals surface area contributed by atoms with Crippen molar-refractivity contribution in [2.45, 2.75) is 32.9 Å². The lowest BCUT2D eigenvalue weighted by Gasteiger charge is -2.36. The van der Waals surface area contributed by atoms with E-state index in [1.165, 1.54) is 28.8 Å². The Labute approximate surface area is 127 Å². The SMILES string of the molecule is CCNC1CCN(Cc2ccc(C)cc2)c2ccccc21. The summed E-state index contributed by atoms with van der Waals surface area (Å²) in [4.78, 5) is 2.51. The van der Waals surface area contributed by atoms with Gasteiger partial charge in [0.15, 0.2) is 0 Å². The van der Waals surface area contributed by atoms with Crippen LogP contribution < -0.4 is 10.2 Å². The predicted octanol–water partition coefficient (Wildman–Crippen LogP) is 4.06. The van der Waals surface area contributed by atoms with E-state index in [0.717, 1.165) is 19.6 Å². The van der Waals surface area contributed by atoms with Gasteiger partial charge >= 0.3 is 0 Å². The summed E-state index contributed by atoms with van der Waals surface area (Å²) in [5.41, 5.74) is 5.54. The number of nitrogens with zero attached hydrogens (tertiary/aromatic N) is 1. The van der Waals surface area contributed by atoms with Gasteiger partial charge in [-0.2, -0.15) is 0 Å². The van der Waals surface area contributed by atoms with Crippen molar-refractivity contribution in [3.05, 3.63) is 65.2 Å². The molecule has 0 saturated heterocycles. The first kappa shape index (κ1) is 14.2. The molecule has 1 aliphatic heterocycles. The van der Waals surface area contributed by atoms with Crippen molar-refractivity contribution in [2.75, 3.05) is 18.0 Å². The van der Waals surface area contributed by atoms with E-state index < -0.39 is 0 Å². The molecule has 0 radical (unpaired) electrons. The highest BCUT2D eigenvalue weighted by atomic mass is 15.1. The van der Waals surface area contributed by atoms with Gasteiger partial charge < -0.3 is 10.2 Å². The summed E-state index contributed by atoms with van der Waals surface area (Å²) >= 11 is 0. The fraction of sp³-hybridized carbons (Fsp3) is 0.368. The van der Waals surface area contributed by atoms with Gasteiger partial charge in [-0.05, 0) is 37.1 Å². The Bertz CT molecular complexity index is 589. The Kier molecular flexibility index (Phi) is 4.26. The molecule has 0 saturated carbocycles. The largest absolute Gasteiger partial charge is 0.367 e. The molecule has 0 amide bonds. The van der Waals surface area contributed by atoms with Gasteiger partial charge in [-0.1, -0.05) is 55.0 Å². The molecule has 1 heterocycles. The molecule has 1 aliphatic rings. The lowest BCUT2D eigenvalue weighted by Crippen LogP contribution is -2.35. The fourth-order valence-electron chi connectivity index (χ4n) is 3.17. The molecule has 2 aromatic carbocycles. The van der Waals surface area contributed by atoms with Crippen molar-refractivity contribution in [3.63, 3.8) is 0 Å². The van der Waals surface area contributed by atoms with E-state index >= 15 is 0 Å². The van der Waals surface area contributed by atoms with Crippen molar-refractivity contribution in [1.29, 1.82) is 0 Å². The molecule has 0 aromatic heterocycles. The monoisotopic (exact) mass is 280 g/mol. The third-order valence-electron chi connectivity index (χ3n) is 4.29. The van der Waals surface area contributed by atoms with Crippen LogP contribution in [0.4, 0.5) is 5.69 Å². The van der Waals surface area contributed by atoms with E-state index in [4.69, 9.17) is 0 Å². The first-order chi connectivity index (χ1) is 10.3. The minimum atomic E-state index is 0.500. The van der Waals surface area contributed by atoms with Crippen LogP contribution in [0, 0.1) is 6.92 Å². The highest BCUT2D eigenvalue weighted by Crippen LogP contribution is 2.34. The fourth-order valence-corrected chi connectivity index (χ4v) is 3.17. The third kappa shape index (κ3) is 3.11. The van der Waals surface area contributed by atoms with Crippen molar-refractivity contribution in [1.82, 2.24) is 5.32 Å². The normalized spacial score (nSPS) is 17.6. The average molecular weight is 280 g/mol. The van der Waals surface area contributed by atoms with Crippen LogP contribution in [0.25, 0.3) is 0 Å². The Balaban J connectivity index is 1.83. The predicted molar refractivity (Wildman–Crippen MR) is 89.7 cm³/mol. The van der Waals surface area contributed by atoms with Gasteiger partial charge in [-0.25, -0.2) is 0 Å². The first-order valence-electron chi connectivity index (χ1n) is 7.90. The Morgan fingerprint density at radius 2 is 1.86 bits per heavy atom. The highest BCUT2D eigenvalue weighted by Gasteiger charge is 2.23. The molecule has 2 aromatic rings. The van der Waals surface area contributed by atoms with E-state index in [-0.39, 0.29) is 0 Å². The van der Waals surface area contributed by atoms with E-state index in [9.17, 15) is 0 Å². The molecular formula is C19H24N2. The summed E-state index contributed by atoms with van der Waals surface area (Å²) in [5, 5.41) is 3.61. The number of hydrogen-bond acceptors (Lipinski definition) is 2. The van der Waals surface area contributed by atoms with Crippen LogP contribution in [0.15, 0.2) is 48.5 Å². The minimum absolute atomic E-state index is 0.500. The summed E-state index contributed by atoms with van der Waals surface area (Å²) in [6, 6.07) is 18.2. The highest BCUT2D eigenvalue weighted by molar-refractivity contribution is 5.57. The van der Waals surface area contributed by atoms with E-state index in [1.54, 1.807) is 0 Å². The molecule has 1 atom stereocenters. The summed E-state index contributed by atoms with van der Waals surface area (Å²) < 4.78 is 0. The van der Waals surface area contributed by atoms with Crippen molar-refractivity contribution in [2.24, 2.45) is 0 Å². The summed E-state index contributed by atoms with van der Waals surface area (Å²) in [5.74, 6) is 0. The number of nitrogens with one attached hydrogen (secondary N) is 1. The first-order valence-corrected chi connectivity index (χ1v) is 7.90. The Morgan fingerprint density at radius 3 is 2.62 bits per heavy atom. The molecule has 2 heteroatoms. The molecule has 0 fully saturated rings. The molecule has 1 N–H and O–H groups in total. The minimum Gasteiger partial charge on any atom is -0.367 e. The Hall–Kier alpha value is -1.80. The number of rotatable bonds is 4. The number of para-hydroxylation sites is 1. The zero-order valence-corrected chi connectivity index (χ0v) is 13.0. The molecule has 0 aliphatic carbocycles. The Morgan fingerprint density at radius 1 is 1.10 bits per heavy atom. The molecular weight excluding hydrogens is 256 g/mol. The van der Waals surface area contributed by atoms with Crippen LogP contribution in [-0.2, 0) is 6.54 Å². The van der Waals surface area contributed by atoms with E-state index in [2.05, 4.69) is 72.6 Å². The second-order valence-corrected chi connectivity index (χ2v) is 5.86. The van der Waals surface area contributed by atoms with E-state index in [0.29, 0.717) is 6.04 Å². The van der Waals surface area contributed by atoms with Gasteiger partial charge in [0, 0.05) is 24.8 Å². The number of hydrogen-bond donors (Lipinski definition) is 1. The van der Waals surface area contributed by atoms with Gasteiger partial charge in [0.25, 0.3) is 0 Å². The smallest absolute Gasteiger partial charge is 0.0429 e. The van der Waals surface area contributed by atoms with Gasteiger partial charge in [0.05, 0.1) is 0 Å². The molecule has 21 heavy (non-hydrogen) atoms. The van der Waals surface area contributed by atoms with Crippen LogP contribution in [0.5, 0.6) is 0 Å². The van der Waals surface area contributed by atoms with Crippen LogP contribution in [0.1, 0.15) is 36.1 Å². The van der Waals surface area contributed by atoms with Gasteiger partial charge in [-0.15, -0.1) is 0 Å². The molecule has 110 valence electrons. The number of fused-ring (bicyclic) bond motifs is 1. The maximum atomic E-state index is 3.61. The quantitative estimate of drug-likeness (QED) is 0.908. The van der Waals surface area contributed by atoms with Crippen molar-refractivity contribution < 1.29 is 0 Å². The van der Waals surface area contributed by atoms with Crippen molar-refractivity contribution >= 4 is 5.69 Å². The van der Waals surface area contributed by atoms with E-state index in [1.807, 2.05) is 0 Å². The molecule has 0 bridgehead atoms. The maximum Gasteiger partial charge on any atom is 0.0429 e. The topological polar surface area (TPSA) is 15.3 Å². The number of anilines is 1. The summed E-state index contributed by atoms with van der Waals surface area (Å²) in [7, 11) is 0. The lowest BCUT2D eigenvalue weighted by atomic mass is 9.96. The number of benzene rings is 2. The van der Waals surface area contributed by atoms with Gasteiger partial charge in [-0.3, -0.25) is 0 Å². The van der Waals surface area contributed by atoms with Gasteiger partial charge in [0.2, 0.25) is 0 Å². The maximum absolute atomic E-state index is 3.61. The van der Waals surface area contributed by atoms with Crippen LogP contribution in [0.3, 0.4) is 0 Å². The second kappa shape index (κ2) is 6.31. The zero-order valence-electron chi connectivity index (χ0n) is 13.0. The molecule has 0 spiro atoms. The van der Waals surface area contributed by atoms with Crippen LogP contribution >= 0.6 is 0 Å². The zero-order chi connectivity index (χ0) is 14.7.